The minimum Gasteiger partial charge on any atom is -0.432 e. The second-order valence-corrected chi connectivity index (χ2v) is 7.63. The van der Waals surface area contributed by atoms with Gasteiger partial charge in [-0.3, -0.25) is 4.79 Å². The topological polar surface area (TPSA) is 70.1 Å². The second-order valence-electron chi connectivity index (χ2n) is 7.63. The van der Waals surface area contributed by atoms with E-state index in [9.17, 15) is 14.8 Å². The molecule has 2 aliphatic heterocycles. The average Bonchev–Trinajstić information content (AvgIpc) is 2.67. The predicted octanol–water partition coefficient (Wildman–Crippen LogP) is 2.95. The number of ether oxygens (including phenoxy) is 1. The van der Waals surface area contributed by atoms with Gasteiger partial charge < -0.3 is 9.94 Å². The summed E-state index contributed by atoms with van der Waals surface area (Å²) in [6.07, 6.45) is -0.166. The Morgan fingerprint density at radius 3 is 2.04 bits per heavy atom. The number of carbonyl (C=O) groups excluding carboxylic acids is 2. The zero-order chi connectivity index (χ0) is 17.0. The van der Waals surface area contributed by atoms with Crippen LogP contribution in [0.3, 0.4) is 0 Å². The van der Waals surface area contributed by atoms with Gasteiger partial charge in [-0.25, -0.2) is 9.69 Å². The van der Waals surface area contributed by atoms with Crippen molar-refractivity contribution >= 4 is 17.7 Å². The van der Waals surface area contributed by atoms with E-state index in [0.717, 1.165) is 4.90 Å². The Balaban J connectivity index is 2.01. The van der Waals surface area contributed by atoms with Gasteiger partial charge in [0.2, 0.25) is 0 Å². The van der Waals surface area contributed by atoms with Crippen molar-refractivity contribution in [2.45, 2.75) is 57.2 Å². The van der Waals surface area contributed by atoms with Crippen molar-refractivity contribution in [3.05, 3.63) is 30.3 Å². The molecule has 1 aromatic rings. The van der Waals surface area contributed by atoms with Gasteiger partial charge in [-0.2, -0.15) is 5.06 Å². The van der Waals surface area contributed by atoms with Crippen LogP contribution >= 0.6 is 0 Å². The number of amides is 2. The molecule has 2 fully saturated rings. The van der Waals surface area contributed by atoms with E-state index in [-0.39, 0.29) is 18.7 Å². The molecule has 2 saturated heterocycles. The largest absolute Gasteiger partial charge is 0.432 e. The molecule has 0 aromatic heterocycles. The summed E-state index contributed by atoms with van der Waals surface area (Å²) in [6.45, 7) is 7.34. The van der Waals surface area contributed by atoms with E-state index in [1.165, 1.54) is 5.06 Å². The average molecular weight is 318 g/mol. The van der Waals surface area contributed by atoms with Crippen LogP contribution in [0.25, 0.3) is 0 Å². The van der Waals surface area contributed by atoms with E-state index in [4.69, 9.17) is 4.74 Å². The van der Waals surface area contributed by atoms with Crippen molar-refractivity contribution in [3.63, 3.8) is 0 Å². The summed E-state index contributed by atoms with van der Waals surface area (Å²) < 4.78 is 5.59. The lowest BCUT2D eigenvalue weighted by molar-refractivity contribution is -0.267. The number of carbonyl (C=O) groups is 2. The van der Waals surface area contributed by atoms with Gasteiger partial charge in [-0.15, -0.1) is 0 Å². The molecule has 2 aliphatic rings. The number of rotatable bonds is 1. The van der Waals surface area contributed by atoms with E-state index in [0.29, 0.717) is 5.69 Å². The van der Waals surface area contributed by atoms with Crippen molar-refractivity contribution in [1.29, 1.82) is 0 Å². The third-order valence-electron chi connectivity index (χ3n) is 4.66. The Morgan fingerprint density at radius 1 is 1.00 bits per heavy atom. The third kappa shape index (κ3) is 2.33. The number of nitrogens with zero attached hydrogens (tertiary/aromatic N) is 2. The molecule has 6 nitrogen and oxygen atoms in total. The zero-order valence-corrected chi connectivity index (χ0v) is 13.9. The summed E-state index contributed by atoms with van der Waals surface area (Å²) in [5.74, 6) is -0.358. The molecule has 0 bridgehead atoms. The normalized spacial score (nSPS) is 25.7. The summed E-state index contributed by atoms with van der Waals surface area (Å²) >= 11 is 0. The van der Waals surface area contributed by atoms with Gasteiger partial charge in [-0.1, -0.05) is 18.2 Å². The molecular formula is C17H22N2O4. The quantitative estimate of drug-likeness (QED) is 0.862. The smallest absolute Gasteiger partial charge is 0.422 e. The highest BCUT2D eigenvalue weighted by atomic mass is 16.6. The molecule has 2 amide bonds. The second kappa shape index (κ2) is 4.79. The number of hydrogen-bond acceptors (Lipinski definition) is 5. The van der Waals surface area contributed by atoms with Crippen LogP contribution in [0.15, 0.2) is 30.3 Å². The van der Waals surface area contributed by atoms with Crippen molar-refractivity contribution in [1.82, 2.24) is 5.06 Å². The lowest BCUT2D eigenvalue weighted by atomic mass is 9.72. The molecule has 1 N–H and O–H groups in total. The zero-order valence-electron chi connectivity index (χ0n) is 13.9. The van der Waals surface area contributed by atoms with Crippen molar-refractivity contribution in [2.24, 2.45) is 0 Å². The maximum Gasteiger partial charge on any atom is 0.422 e. The van der Waals surface area contributed by atoms with E-state index in [2.05, 4.69) is 0 Å². The monoisotopic (exact) mass is 318 g/mol. The Labute approximate surface area is 135 Å². The van der Waals surface area contributed by atoms with Gasteiger partial charge in [0.1, 0.15) is 0 Å². The Morgan fingerprint density at radius 2 is 1.52 bits per heavy atom. The summed E-state index contributed by atoms with van der Waals surface area (Å²) in [5.41, 5.74) is -2.12. The fourth-order valence-corrected chi connectivity index (χ4v) is 4.00. The van der Waals surface area contributed by atoms with E-state index in [1.807, 2.05) is 33.8 Å². The van der Waals surface area contributed by atoms with Crippen molar-refractivity contribution < 1.29 is 19.5 Å². The molecule has 1 aromatic carbocycles. The van der Waals surface area contributed by atoms with Crippen LogP contribution in [-0.2, 0) is 9.53 Å². The van der Waals surface area contributed by atoms with Crippen LogP contribution in [-0.4, -0.2) is 38.9 Å². The van der Waals surface area contributed by atoms with E-state index < -0.39 is 22.8 Å². The number of piperidine rings is 1. The molecule has 0 radical (unpaired) electrons. The highest BCUT2D eigenvalue weighted by molar-refractivity contribution is 6.20. The molecule has 0 aliphatic carbocycles. The summed E-state index contributed by atoms with van der Waals surface area (Å²) in [6, 6.07) is 8.77. The number of benzene rings is 1. The Hall–Kier alpha value is -1.92. The fraction of sp³-hybridized carbons (Fsp3) is 0.529. The van der Waals surface area contributed by atoms with Crippen LogP contribution in [0.5, 0.6) is 0 Å². The standard InChI is InChI=1S/C17H22N2O4/c1-15(2)10-17(11-16(3,4)19(15)22)13(20)18(14(21)23-17)12-8-6-5-7-9-12/h5-9,22H,10-11H2,1-4H3. The van der Waals surface area contributed by atoms with Crippen LogP contribution in [0, 0.1) is 0 Å². The van der Waals surface area contributed by atoms with Gasteiger partial charge in [0.15, 0.2) is 5.60 Å². The van der Waals surface area contributed by atoms with Crippen LogP contribution < -0.4 is 4.90 Å². The SMILES string of the molecule is CC1(C)CC2(CC(C)(C)N1O)OC(=O)N(c1ccccc1)C2=O. The lowest BCUT2D eigenvalue weighted by Gasteiger charge is -2.53. The predicted molar refractivity (Wildman–Crippen MR) is 84.2 cm³/mol. The fourth-order valence-electron chi connectivity index (χ4n) is 4.00. The van der Waals surface area contributed by atoms with Gasteiger partial charge >= 0.3 is 6.09 Å². The molecule has 0 atom stereocenters. The minimum absolute atomic E-state index is 0.244. The molecule has 0 saturated carbocycles. The maximum absolute atomic E-state index is 13.1. The van der Waals surface area contributed by atoms with E-state index in [1.54, 1.807) is 24.3 Å². The molecule has 0 unspecified atom stereocenters. The number of para-hydroxylation sites is 1. The number of imide groups is 1. The molecule has 23 heavy (non-hydrogen) atoms. The van der Waals surface area contributed by atoms with E-state index >= 15 is 0 Å². The van der Waals surface area contributed by atoms with Gasteiger partial charge in [-0.05, 0) is 39.8 Å². The Bertz CT molecular complexity index is 636. The first kappa shape index (κ1) is 16.0. The number of anilines is 1. The summed E-state index contributed by atoms with van der Waals surface area (Å²) in [7, 11) is 0. The molecule has 1 spiro atoms. The molecule has 2 heterocycles. The summed E-state index contributed by atoms with van der Waals surface area (Å²) in [4.78, 5) is 26.5. The van der Waals surface area contributed by atoms with Gasteiger partial charge in [0.25, 0.3) is 5.91 Å². The first-order chi connectivity index (χ1) is 10.6. The molecule has 124 valence electrons. The summed E-state index contributed by atoms with van der Waals surface area (Å²) in [5, 5.41) is 11.7. The number of hydroxylamine groups is 2. The van der Waals surface area contributed by atoms with Crippen molar-refractivity contribution in [2.75, 3.05) is 4.90 Å². The minimum atomic E-state index is -1.24. The van der Waals surface area contributed by atoms with Crippen LogP contribution in [0.2, 0.25) is 0 Å². The third-order valence-corrected chi connectivity index (χ3v) is 4.66. The van der Waals surface area contributed by atoms with Gasteiger partial charge in [0.05, 0.1) is 5.69 Å². The first-order valence-corrected chi connectivity index (χ1v) is 7.71. The number of hydrogen-bond donors (Lipinski definition) is 1. The van der Waals surface area contributed by atoms with Crippen molar-refractivity contribution in [3.8, 4) is 0 Å². The van der Waals surface area contributed by atoms with Gasteiger partial charge in [0, 0.05) is 23.9 Å². The molecule has 3 rings (SSSR count). The highest BCUT2D eigenvalue weighted by Crippen LogP contribution is 2.48. The van der Waals surface area contributed by atoms with Crippen LogP contribution in [0.1, 0.15) is 40.5 Å². The maximum atomic E-state index is 13.1. The lowest BCUT2D eigenvalue weighted by Crippen LogP contribution is -2.66. The molecular weight excluding hydrogens is 296 g/mol. The van der Waals surface area contributed by atoms with Crippen LogP contribution in [0.4, 0.5) is 10.5 Å². The first-order valence-electron chi connectivity index (χ1n) is 7.71. The Kier molecular flexibility index (Phi) is 3.32. The molecule has 6 heteroatoms. The highest BCUT2D eigenvalue weighted by Gasteiger charge is 2.63.